The Bertz CT molecular complexity index is 242. The van der Waals surface area contributed by atoms with Crippen molar-refractivity contribution in [2.24, 2.45) is 47.3 Å². The van der Waals surface area contributed by atoms with E-state index < -0.39 is 0 Å². The lowest BCUT2D eigenvalue weighted by molar-refractivity contribution is 0.215. The van der Waals surface area contributed by atoms with Crippen LogP contribution in [0.15, 0.2) is 0 Å². The third-order valence-electron chi connectivity index (χ3n) is 5.79. The Morgan fingerprint density at radius 2 is 1.64 bits per heavy atom. The first-order valence-corrected chi connectivity index (χ1v) is 6.61. The molecule has 0 aromatic heterocycles. The van der Waals surface area contributed by atoms with Gasteiger partial charge in [-0.3, -0.25) is 0 Å². The standard InChI is InChI=1S/C14H24/c1-7(2)13-8(3)5-11-12(13)6-10-9(4)14(10)11/h7-14H,5-6H2,1-4H3. The molecule has 3 rings (SSSR count). The van der Waals surface area contributed by atoms with E-state index in [2.05, 4.69) is 27.7 Å². The first-order chi connectivity index (χ1) is 6.61. The Morgan fingerprint density at radius 3 is 2.29 bits per heavy atom. The molecule has 0 nitrogen and oxygen atoms in total. The van der Waals surface area contributed by atoms with Crippen molar-refractivity contribution in [3.8, 4) is 0 Å². The zero-order chi connectivity index (χ0) is 10.0. The lowest BCUT2D eigenvalue weighted by Crippen LogP contribution is -2.21. The molecule has 0 N–H and O–H groups in total. The van der Waals surface area contributed by atoms with Crippen molar-refractivity contribution in [3.63, 3.8) is 0 Å². The second kappa shape index (κ2) is 2.77. The number of hydrogen-bond donors (Lipinski definition) is 0. The summed E-state index contributed by atoms with van der Waals surface area (Å²) in [7, 11) is 0. The van der Waals surface area contributed by atoms with Gasteiger partial charge in [0.1, 0.15) is 0 Å². The van der Waals surface area contributed by atoms with Crippen LogP contribution in [0.25, 0.3) is 0 Å². The predicted octanol–water partition coefficient (Wildman–Crippen LogP) is 3.82. The Hall–Kier alpha value is 0. The molecule has 80 valence electrons. The third kappa shape index (κ3) is 1.01. The van der Waals surface area contributed by atoms with E-state index in [1.807, 2.05) is 0 Å². The van der Waals surface area contributed by atoms with Crippen LogP contribution in [0.1, 0.15) is 40.5 Å². The van der Waals surface area contributed by atoms with Crippen molar-refractivity contribution in [1.82, 2.24) is 0 Å². The lowest BCUT2D eigenvalue weighted by atomic mass is 9.78. The molecule has 0 heterocycles. The summed E-state index contributed by atoms with van der Waals surface area (Å²) in [6.07, 6.45) is 3.14. The van der Waals surface area contributed by atoms with Gasteiger partial charge in [-0.25, -0.2) is 0 Å². The Balaban J connectivity index is 1.80. The summed E-state index contributed by atoms with van der Waals surface area (Å²) in [4.78, 5) is 0. The number of rotatable bonds is 1. The van der Waals surface area contributed by atoms with Crippen molar-refractivity contribution in [1.29, 1.82) is 0 Å². The number of fused-ring (bicyclic) bond motifs is 3. The summed E-state index contributed by atoms with van der Waals surface area (Å²) in [5.74, 6) is 8.65. The van der Waals surface area contributed by atoms with E-state index in [0.29, 0.717) is 0 Å². The summed E-state index contributed by atoms with van der Waals surface area (Å²) in [5.41, 5.74) is 0. The van der Waals surface area contributed by atoms with Gasteiger partial charge in [0.25, 0.3) is 0 Å². The van der Waals surface area contributed by atoms with Gasteiger partial charge < -0.3 is 0 Å². The van der Waals surface area contributed by atoms with Crippen LogP contribution < -0.4 is 0 Å². The van der Waals surface area contributed by atoms with Gasteiger partial charge >= 0.3 is 0 Å². The highest BCUT2D eigenvalue weighted by molar-refractivity contribution is 5.11. The van der Waals surface area contributed by atoms with Crippen LogP contribution in [0.2, 0.25) is 0 Å². The molecule has 0 heteroatoms. The molecule has 0 aromatic rings. The van der Waals surface area contributed by atoms with E-state index in [-0.39, 0.29) is 0 Å². The minimum Gasteiger partial charge on any atom is -0.0625 e. The van der Waals surface area contributed by atoms with Gasteiger partial charge in [0.05, 0.1) is 0 Å². The Kier molecular flexibility index (Phi) is 1.83. The molecule has 0 amide bonds. The van der Waals surface area contributed by atoms with E-state index in [1.54, 1.807) is 12.8 Å². The van der Waals surface area contributed by atoms with Crippen molar-refractivity contribution >= 4 is 0 Å². The minimum absolute atomic E-state index is 0.924. The van der Waals surface area contributed by atoms with Crippen LogP contribution in [0, 0.1) is 47.3 Å². The van der Waals surface area contributed by atoms with E-state index >= 15 is 0 Å². The molecule has 7 atom stereocenters. The van der Waals surface area contributed by atoms with E-state index in [9.17, 15) is 0 Å². The fourth-order valence-electron chi connectivity index (χ4n) is 5.37. The zero-order valence-electron chi connectivity index (χ0n) is 10.0. The van der Waals surface area contributed by atoms with Crippen LogP contribution in [0.4, 0.5) is 0 Å². The largest absolute Gasteiger partial charge is 0.0625 e. The fraction of sp³-hybridized carbons (Fsp3) is 1.00. The van der Waals surface area contributed by atoms with Gasteiger partial charge in [-0.05, 0) is 60.2 Å². The van der Waals surface area contributed by atoms with Gasteiger partial charge in [0, 0.05) is 0 Å². The van der Waals surface area contributed by atoms with E-state index in [4.69, 9.17) is 0 Å². The quantitative estimate of drug-likeness (QED) is 0.592. The van der Waals surface area contributed by atoms with E-state index in [1.165, 1.54) is 0 Å². The first-order valence-electron chi connectivity index (χ1n) is 6.61. The van der Waals surface area contributed by atoms with Crippen molar-refractivity contribution in [2.75, 3.05) is 0 Å². The molecule has 0 spiro atoms. The SMILES string of the molecule is CC(C)C1C(C)CC2C1CC1C(C)C12. The topological polar surface area (TPSA) is 0 Å². The fourth-order valence-corrected chi connectivity index (χ4v) is 5.37. The zero-order valence-corrected chi connectivity index (χ0v) is 10.0. The highest BCUT2D eigenvalue weighted by Crippen LogP contribution is 2.69. The van der Waals surface area contributed by atoms with Crippen molar-refractivity contribution in [3.05, 3.63) is 0 Å². The van der Waals surface area contributed by atoms with Crippen LogP contribution >= 0.6 is 0 Å². The molecule has 14 heavy (non-hydrogen) atoms. The molecule has 3 aliphatic rings. The van der Waals surface area contributed by atoms with Crippen LogP contribution in [0.3, 0.4) is 0 Å². The maximum Gasteiger partial charge on any atom is -0.0323 e. The Morgan fingerprint density at radius 1 is 0.929 bits per heavy atom. The van der Waals surface area contributed by atoms with Gasteiger partial charge in [-0.1, -0.05) is 27.7 Å². The average Bonchev–Trinajstić information content (AvgIpc) is 2.47. The number of hydrogen-bond acceptors (Lipinski definition) is 0. The van der Waals surface area contributed by atoms with Crippen LogP contribution in [-0.4, -0.2) is 0 Å². The van der Waals surface area contributed by atoms with Crippen molar-refractivity contribution < 1.29 is 0 Å². The van der Waals surface area contributed by atoms with Gasteiger partial charge in [-0.2, -0.15) is 0 Å². The first kappa shape index (κ1) is 9.24. The molecule has 0 saturated heterocycles. The molecule has 7 unspecified atom stereocenters. The van der Waals surface area contributed by atoms with Crippen molar-refractivity contribution in [2.45, 2.75) is 40.5 Å². The second-order valence-corrected chi connectivity index (χ2v) is 6.70. The normalized spacial score (nSPS) is 60.2. The Labute approximate surface area is 88.5 Å². The summed E-state index contributed by atoms with van der Waals surface area (Å²) in [5, 5.41) is 0. The molecule has 3 aliphatic carbocycles. The maximum absolute atomic E-state index is 2.50. The average molecular weight is 192 g/mol. The van der Waals surface area contributed by atoms with Gasteiger partial charge in [0.2, 0.25) is 0 Å². The monoisotopic (exact) mass is 192 g/mol. The lowest BCUT2D eigenvalue weighted by Gasteiger charge is -2.27. The molecular weight excluding hydrogens is 168 g/mol. The highest BCUT2D eigenvalue weighted by Gasteiger charge is 2.63. The smallest absolute Gasteiger partial charge is 0.0323 e. The summed E-state index contributed by atoms with van der Waals surface area (Å²) in [6, 6.07) is 0. The van der Waals surface area contributed by atoms with E-state index in [0.717, 1.165) is 47.3 Å². The minimum atomic E-state index is 0.924. The maximum atomic E-state index is 2.50. The molecule has 0 bridgehead atoms. The third-order valence-corrected chi connectivity index (χ3v) is 5.79. The van der Waals surface area contributed by atoms with Crippen LogP contribution in [-0.2, 0) is 0 Å². The molecule has 0 aliphatic heterocycles. The summed E-state index contributed by atoms with van der Waals surface area (Å²) in [6.45, 7) is 9.87. The second-order valence-electron chi connectivity index (χ2n) is 6.70. The predicted molar refractivity (Wildman–Crippen MR) is 59.9 cm³/mol. The molecular formula is C14H24. The molecule has 3 fully saturated rings. The summed E-state index contributed by atoms with van der Waals surface area (Å²) >= 11 is 0. The van der Waals surface area contributed by atoms with Crippen LogP contribution in [0.5, 0.6) is 0 Å². The summed E-state index contributed by atoms with van der Waals surface area (Å²) < 4.78 is 0. The molecule has 0 radical (unpaired) electrons. The molecule has 3 saturated carbocycles. The van der Waals surface area contributed by atoms with Gasteiger partial charge in [0.15, 0.2) is 0 Å². The van der Waals surface area contributed by atoms with Gasteiger partial charge in [-0.15, -0.1) is 0 Å². The highest BCUT2D eigenvalue weighted by atomic mass is 14.7. The molecule has 0 aromatic carbocycles.